The fourth-order valence-electron chi connectivity index (χ4n) is 1.32. The van der Waals surface area contributed by atoms with Gasteiger partial charge in [-0.05, 0) is 31.3 Å². The zero-order chi connectivity index (χ0) is 11.8. The molecule has 1 aromatic rings. The maximum Gasteiger partial charge on any atom is 0.0589 e. The summed E-state index contributed by atoms with van der Waals surface area (Å²) in [4.78, 5) is 2.23. The van der Waals surface area contributed by atoms with E-state index in [1.54, 1.807) is 7.11 Å². The third-order valence-corrected chi connectivity index (χ3v) is 2.60. The number of nitrogens with one attached hydrogen (secondary N) is 1. The minimum absolute atomic E-state index is 0.766. The minimum atomic E-state index is 0.766. The summed E-state index contributed by atoms with van der Waals surface area (Å²) in [5.74, 6) is 0. The number of methoxy groups -OCH3 is 1. The second-order valence-corrected chi connectivity index (χ2v) is 4.17. The third kappa shape index (κ3) is 5.35. The van der Waals surface area contributed by atoms with Gasteiger partial charge in [0.25, 0.3) is 0 Å². The summed E-state index contributed by atoms with van der Waals surface area (Å²) in [6, 6.07) is 7.74. The zero-order valence-corrected chi connectivity index (χ0v) is 10.6. The van der Waals surface area contributed by atoms with Crippen LogP contribution in [0.4, 0.5) is 5.69 Å². The molecule has 4 heteroatoms. The van der Waals surface area contributed by atoms with Crippen molar-refractivity contribution in [1.29, 1.82) is 0 Å². The summed E-state index contributed by atoms with van der Waals surface area (Å²) in [7, 11) is 3.81. The molecule has 0 amide bonds. The minimum Gasteiger partial charge on any atom is -0.384 e. The highest BCUT2D eigenvalue weighted by atomic mass is 35.5. The number of halogens is 1. The Kier molecular flexibility index (Phi) is 6.23. The van der Waals surface area contributed by atoms with E-state index in [1.807, 2.05) is 24.3 Å². The average molecular weight is 243 g/mol. The molecule has 90 valence electrons. The van der Waals surface area contributed by atoms with Crippen molar-refractivity contribution in [2.45, 2.75) is 0 Å². The van der Waals surface area contributed by atoms with E-state index in [4.69, 9.17) is 16.3 Å². The first-order chi connectivity index (χ1) is 7.72. The smallest absolute Gasteiger partial charge is 0.0589 e. The molecule has 0 spiro atoms. The van der Waals surface area contributed by atoms with Gasteiger partial charge in [-0.2, -0.15) is 0 Å². The average Bonchev–Trinajstić information content (AvgIpc) is 2.29. The largest absolute Gasteiger partial charge is 0.384 e. The van der Waals surface area contributed by atoms with Crippen molar-refractivity contribution >= 4 is 17.3 Å². The van der Waals surface area contributed by atoms with Gasteiger partial charge in [0.1, 0.15) is 0 Å². The van der Waals surface area contributed by atoms with Crippen LogP contribution in [0.15, 0.2) is 24.3 Å². The van der Waals surface area contributed by atoms with Gasteiger partial charge in [0, 0.05) is 37.5 Å². The molecular formula is C12H19ClN2O. The van der Waals surface area contributed by atoms with Crippen LogP contribution in [0.3, 0.4) is 0 Å². The quantitative estimate of drug-likeness (QED) is 0.794. The van der Waals surface area contributed by atoms with E-state index in [1.165, 1.54) is 0 Å². The first kappa shape index (κ1) is 13.3. The number of anilines is 1. The number of hydrogen-bond donors (Lipinski definition) is 1. The molecule has 0 aliphatic carbocycles. The molecule has 0 saturated heterocycles. The van der Waals surface area contributed by atoms with Crippen LogP contribution in [-0.4, -0.2) is 45.3 Å². The van der Waals surface area contributed by atoms with Gasteiger partial charge in [-0.15, -0.1) is 0 Å². The molecule has 0 radical (unpaired) electrons. The van der Waals surface area contributed by atoms with Crippen molar-refractivity contribution in [3.63, 3.8) is 0 Å². The molecule has 3 nitrogen and oxygen atoms in total. The molecule has 1 rings (SSSR count). The lowest BCUT2D eigenvalue weighted by Crippen LogP contribution is -2.28. The van der Waals surface area contributed by atoms with Crippen LogP contribution in [-0.2, 0) is 4.74 Å². The second-order valence-electron chi connectivity index (χ2n) is 3.73. The van der Waals surface area contributed by atoms with Crippen LogP contribution in [0.2, 0.25) is 5.02 Å². The van der Waals surface area contributed by atoms with Gasteiger partial charge in [0.2, 0.25) is 0 Å². The summed E-state index contributed by atoms with van der Waals surface area (Å²) in [5.41, 5.74) is 1.10. The molecule has 0 aromatic heterocycles. The Morgan fingerprint density at radius 2 is 1.94 bits per heavy atom. The van der Waals surface area contributed by atoms with Gasteiger partial charge < -0.3 is 15.0 Å². The van der Waals surface area contributed by atoms with Gasteiger partial charge in [-0.1, -0.05) is 11.6 Å². The molecule has 1 aromatic carbocycles. The van der Waals surface area contributed by atoms with E-state index >= 15 is 0 Å². The van der Waals surface area contributed by atoms with E-state index < -0.39 is 0 Å². The van der Waals surface area contributed by atoms with Crippen LogP contribution in [0.5, 0.6) is 0 Å². The SMILES string of the molecule is COCCN(C)CCNc1ccc(Cl)cc1. The molecule has 0 saturated carbocycles. The lowest BCUT2D eigenvalue weighted by atomic mass is 10.3. The number of ether oxygens (including phenoxy) is 1. The van der Waals surface area contributed by atoms with E-state index in [0.29, 0.717) is 0 Å². The molecule has 0 aliphatic rings. The van der Waals surface area contributed by atoms with E-state index in [0.717, 1.165) is 37.0 Å². The molecule has 0 atom stereocenters. The van der Waals surface area contributed by atoms with Crippen molar-refractivity contribution in [3.05, 3.63) is 29.3 Å². The Hall–Kier alpha value is -0.770. The van der Waals surface area contributed by atoms with Crippen molar-refractivity contribution in [3.8, 4) is 0 Å². The molecule has 0 aliphatic heterocycles. The van der Waals surface area contributed by atoms with Gasteiger partial charge in [-0.25, -0.2) is 0 Å². The number of likely N-dealkylation sites (N-methyl/N-ethyl adjacent to an activating group) is 1. The molecule has 0 bridgehead atoms. The molecule has 0 unspecified atom stereocenters. The normalized spacial score (nSPS) is 10.8. The monoisotopic (exact) mass is 242 g/mol. The van der Waals surface area contributed by atoms with E-state index in [9.17, 15) is 0 Å². The van der Waals surface area contributed by atoms with Crippen molar-refractivity contribution in [1.82, 2.24) is 4.90 Å². The zero-order valence-electron chi connectivity index (χ0n) is 9.87. The van der Waals surface area contributed by atoms with Crippen LogP contribution >= 0.6 is 11.6 Å². The molecule has 0 fully saturated rings. The Balaban J connectivity index is 2.17. The topological polar surface area (TPSA) is 24.5 Å². The lowest BCUT2D eigenvalue weighted by Gasteiger charge is -2.16. The van der Waals surface area contributed by atoms with E-state index in [-0.39, 0.29) is 0 Å². The summed E-state index contributed by atoms with van der Waals surface area (Å²) < 4.78 is 5.01. The number of benzene rings is 1. The maximum absolute atomic E-state index is 5.80. The maximum atomic E-state index is 5.80. The molecule has 1 N–H and O–H groups in total. The van der Waals surface area contributed by atoms with Crippen LogP contribution < -0.4 is 5.32 Å². The fourth-order valence-corrected chi connectivity index (χ4v) is 1.44. The van der Waals surface area contributed by atoms with Gasteiger partial charge >= 0.3 is 0 Å². The van der Waals surface area contributed by atoms with Crippen molar-refractivity contribution < 1.29 is 4.74 Å². The van der Waals surface area contributed by atoms with Gasteiger partial charge in [0.15, 0.2) is 0 Å². The summed E-state index contributed by atoms with van der Waals surface area (Å²) >= 11 is 5.80. The lowest BCUT2D eigenvalue weighted by molar-refractivity contribution is 0.163. The predicted molar refractivity (Wildman–Crippen MR) is 69.3 cm³/mol. The first-order valence-corrected chi connectivity index (χ1v) is 5.77. The van der Waals surface area contributed by atoms with Gasteiger partial charge in [-0.3, -0.25) is 0 Å². The Labute approximate surface area is 102 Å². The highest BCUT2D eigenvalue weighted by Gasteiger charge is 1.97. The number of nitrogens with zero attached hydrogens (tertiary/aromatic N) is 1. The summed E-state index contributed by atoms with van der Waals surface area (Å²) in [6.45, 7) is 3.64. The van der Waals surface area contributed by atoms with Crippen molar-refractivity contribution in [2.24, 2.45) is 0 Å². The number of rotatable bonds is 7. The van der Waals surface area contributed by atoms with Gasteiger partial charge in [0.05, 0.1) is 6.61 Å². The van der Waals surface area contributed by atoms with Crippen molar-refractivity contribution in [2.75, 3.05) is 45.7 Å². The fraction of sp³-hybridized carbons (Fsp3) is 0.500. The second kappa shape index (κ2) is 7.49. The van der Waals surface area contributed by atoms with Crippen LogP contribution in [0.25, 0.3) is 0 Å². The molecule has 16 heavy (non-hydrogen) atoms. The molecular weight excluding hydrogens is 224 g/mol. The highest BCUT2D eigenvalue weighted by molar-refractivity contribution is 6.30. The number of hydrogen-bond acceptors (Lipinski definition) is 3. The third-order valence-electron chi connectivity index (χ3n) is 2.34. The molecule has 0 heterocycles. The predicted octanol–water partition coefficient (Wildman–Crippen LogP) is 2.33. The summed E-state index contributed by atoms with van der Waals surface area (Å²) in [6.07, 6.45) is 0. The van der Waals surface area contributed by atoms with Crippen LogP contribution in [0.1, 0.15) is 0 Å². The van der Waals surface area contributed by atoms with E-state index in [2.05, 4.69) is 17.3 Å². The Morgan fingerprint density at radius 3 is 2.56 bits per heavy atom. The highest BCUT2D eigenvalue weighted by Crippen LogP contribution is 2.12. The first-order valence-electron chi connectivity index (χ1n) is 5.39. The Bertz CT molecular complexity index is 290. The summed E-state index contributed by atoms with van der Waals surface area (Å²) in [5, 5.41) is 4.10. The standard InChI is InChI=1S/C12H19ClN2O/c1-15(9-10-16-2)8-7-14-12-5-3-11(13)4-6-12/h3-6,14H,7-10H2,1-2H3. The van der Waals surface area contributed by atoms with Crippen LogP contribution in [0, 0.1) is 0 Å². The Morgan fingerprint density at radius 1 is 1.25 bits per heavy atom.